The van der Waals surface area contributed by atoms with E-state index in [1.54, 1.807) is 18.5 Å². The van der Waals surface area contributed by atoms with E-state index in [1.165, 1.54) is 10.7 Å². The van der Waals surface area contributed by atoms with Crippen LogP contribution in [0.25, 0.3) is 11.3 Å². The van der Waals surface area contributed by atoms with Crippen molar-refractivity contribution in [3.8, 4) is 11.3 Å². The summed E-state index contributed by atoms with van der Waals surface area (Å²) in [4.78, 5) is 16.0. The van der Waals surface area contributed by atoms with Crippen LogP contribution in [0.5, 0.6) is 0 Å². The highest BCUT2D eigenvalue weighted by Gasteiger charge is 2.04. The van der Waals surface area contributed by atoms with Crippen molar-refractivity contribution in [1.29, 1.82) is 0 Å². The summed E-state index contributed by atoms with van der Waals surface area (Å²) in [6, 6.07) is 16.8. The van der Waals surface area contributed by atoms with E-state index in [0.29, 0.717) is 6.54 Å². The highest BCUT2D eigenvalue weighted by Crippen LogP contribution is 2.13. The Morgan fingerprint density at radius 2 is 1.80 bits per heavy atom. The number of pyridine rings is 1. The van der Waals surface area contributed by atoms with Crippen molar-refractivity contribution in [3.63, 3.8) is 0 Å². The molecule has 0 aliphatic carbocycles. The third kappa shape index (κ3) is 2.64. The molecule has 0 bridgehead atoms. The zero-order chi connectivity index (χ0) is 13.8. The Labute approximate surface area is 116 Å². The number of hydrogen-bond donors (Lipinski definition) is 0. The largest absolute Gasteiger partial charge is 0.268 e. The van der Waals surface area contributed by atoms with Crippen molar-refractivity contribution >= 4 is 0 Å². The second-order valence-electron chi connectivity index (χ2n) is 4.44. The minimum Gasteiger partial charge on any atom is -0.268 e. The number of nitrogens with zero attached hydrogens (tertiary/aromatic N) is 3. The molecule has 0 saturated carbocycles. The van der Waals surface area contributed by atoms with Crippen LogP contribution >= 0.6 is 0 Å². The van der Waals surface area contributed by atoms with E-state index in [0.717, 1.165) is 16.8 Å². The number of aromatic nitrogens is 3. The van der Waals surface area contributed by atoms with Crippen molar-refractivity contribution in [2.45, 2.75) is 6.54 Å². The standard InChI is InChI=1S/C16H13N3O/c20-16-9-8-15(14-7-4-10-17-11-14)18-19(16)12-13-5-2-1-3-6-13/h1-11H,12H2. The lowest BCUT2D eigenvalue weighted by molar-refractivity contribution is 0.642. The summed E-state index contributed by atoms with van der Waals surface area (Å²) in [7, 11) is 0. The fraction of sp³-hybridized carbons (Fsp3) is 0.0625. The molecule has 0 fully saturated rings. The lowest BCUT2D eigenvalue weighted by Crippen LogP contribution is -2.22. The van der Waals surface area contributed by atoms with Gasteiger partial charge >= 0.3 is 0 Å². The van der Waals surface area contributed by atoms with E-state index < -0.39 is 0 Å². The van der Waals surface area contributed by atoms with E-state index >= 15 is 0 Å². The zero-order valence-electron chi connectivity index (χ0n) is 10.8. The highest BCUT2D eigenvalue weighted by atomic mass is 16.1. The lowest BCUT2D eigenvalue weighted by Gasteiger charge is -2.07. The molecule has 98 valence electrons. The van der Waals surface area contributed by atoms with Crippen molar-refractivity contribution in [1.82, 2.24) is 14.8 Å². The van der Waals surface area contributed by atoms with Crippen LogP contribution in [0.1, 0.15) is 5.56 Å². The van der Waals surface area contributed by atoms with Crippen LogP contribution < -0.4 is 5.56 Å². The molecular formula is C16H13N3O. The molecule has 20 heavy (non-hydrogen) atoms. The average molecular weight is 263 g/mol. The quantitative estimate of drug-likeness (QED) is 0.728. The van der Waals surface area contributed by atoms with Gasteiger partial charge in [-0.3, -0.25) is 9.78 Å². The normalized spacial score (nSPS) is 10.4. The van der Waals surface area contributed by atoms with Gasteiger partial charge in [-0.15, -0.1) is 0 Å². The Kier molecular flexibility index (Phi) is 3.37. The second-order valence-corrected chi connectivity index (χ2v) is 4.44. The molecule has 0 spiro atoms. The number of benzene rings is 1. The summed E-state index contributed by atoms with van der Waals surface area (Å²) in [5, 5.41) is 4.40. The Balaban J connectivity index is 1.98. The highest BCUT2D eigenvalue weighted by molar-refractivity contribution is 5.56. The van der Waals surface area contributed by atoms with Crippen molar-refractivity contribution < 1.29 is 0 Å². The molecule has 0 atom stereocenters. The van der Waals surface area contributed by atoms with Gasteiger partial charge in [-0.1, -0.05) is 30.3 Å². The monoisotopic (exact) mass is 263 g/mol. The number of rotatable bonds is 3. The summed E-state index contributed by atoms with van der Waals surface area (Å²) in [5.74, 6) is 0. The van der Waals surface area contributed by atoms with E-state index in [-0.39, 0.29) is 5.56 Å². The summed E-state index contributed by atoms with van der Waals surface area (Å²) in [6.45, 7) is 0.466. The first kappa shape index (κ1) is 12.3. The van der Waals surface area contributed by atoms with Gasteiger partial charge < -0.3 is 0 Å². The maximum atomic E-state index is 11.9. The summed E-state index contributed by atoms with van der Waals surface area (Å²) < 4.78 is 1.47. The molecule has 3 aromatic rings. The van der Waals surface area contributed by atoms with Gasteiger partial charge in [-0.25, -0.2) is 4.68 Å². The zero-order valence-corrected chi connectivity index (χ0v) is 10.8. The van der Waals surface area contributed by atoms with Gasteiger partial charge in [0.15, 0.2) is 0 Å². The minimum atomic E-state index is -0.110. The number of hydrogen-bond acceptors (Lipinski definition) is 3. The fourth-order valence-corrected chi connectivity index (χ4v) is 1.99. The van der Waals surface area contributed by atoms with E-state index in [2.05, 4.69) is 10.1 Å². The summed E-state index contributed by atoms with van der Waals surface area (Å²) in [6.07, 6.45) is 3.45. The van der Waals surface area contributed by atoms with Gasteiger partial charge in [-0.2, -0.15) is 5.10 Å². The Morgan fingerprint density at radius 1 is 0.950 bits per heavy atom. The molecule has 0 saturated heterocycles. The molecule has 0 N–H and O–H groups in total. The minimum absolute atomic E-state index is 0.110. The van der Waals surface area contributed by atoms with Crippen molar-refractivity contribution in [2.75, 3.05) is 0 Å². The van der Waals surface area contributed by atoms with Gasteiger partial charge in [0.1, 0.15) is 0 Å². The van der Waals surface area contributed by atoms with Crippen molar-refractivity contribution in [3.05, 3.63) is 82.9 Å². The first-order valence-corrected chi connectivity index (χ1v) is 6.35. The molecule has 0 amide bonds. The fourth-order valence-electron chi connectivity index (χ4n) is 1.99. The molecule has 3 rings (SSSR count). The first-order valence-electron chi connectivity index (χ1n) is 6.35. The SMILES string of the molecule is O=c1ccc(-c2cccnc2)nn1Cc1ccccc1. The Hall–Kier alpha value is -2.75. The van der Waals surface area contributed by atoms with Crippen LogP contribution in [-0.2, 0) is 6.54 Å². The maximum absolute atomic E-state index is 11.9. The van der Waals surface area contributed by atoms with Crippen LogP contribution in [0.2, 0.25) is 0 Å². The molecule has 0 aliphatic rings. The Morgan fingerprint density at radius 3 is 2.55 bits per heavy atom. The smallest absolute Gasteiger partial charge is 0.267 e. The summed E-state index contributed by atoms with van der Waals surface area (Å²) >= 11 is 0. The van der Waals surface area contributed by atoms with E-state index in [9.17, 15) is 4.79 Å². The van der Waals surface area contributed by atoms with Gasteiger partial charge in [-0.05, 0) is 23.8 Å². The predicted molar refractivity (Wildman–Crippen MR) is 77.3 cm³/mol. The Bertz CT molecular complexity index is 751. The van der Waals surface area contributed by atoms with Crippen LogP contribution in [0.15, 0.2) is 71.8 Å². The molecule has 4 nitrogen and oxygen atoms in total. The molecule has 0 radical (unpaired) electrons. The molecule has 0 aliphatic heterocycles. The third-order valence-electron chi connectivity index (χ3n) is 3.00. The second kappa shape index (κ2) is 5.48. The average Bonchev–Trinajstić information content (AvgIpc) is 2.51. The van der Waals surface area contributed by atoms with Crippen molar-refractivity contribution in [2.24, 2.45) is 0 Å². The van der Waals surface area contributed by atoms with E-state index in [4.69, 9.17) is 0 Å². The predicted octanol–water partition coefficient (Wildman–Crippen LogP) is 2.35. The van der Waals surface area contributed by atoms with Gasteiger partial charge in [0.05, 0.1) is 12.2 Å². The topological polar surface area (TPSA) is 47.8 Å². The molecule has 4 heteroatoms. The molecule has 1 aromatic carbocycles. The van der Waals surface area contributed by atoms with Gasteiger partial charge in [0.2, 0.25) is 0 Å². The van der Waals surface area contributed by atoms with Crippen LogP contribution in [0.3, 0.4) is 0 Å². The molecule has 0 unspecified atom stereocenters. The maximum Gasteiger partial charge on any atom is 0.267 e. The molecule has 2 aromatic heterocycles. The van der Waals surface area contributed by atoms with Crippen LogP contribution in [0, 0.1) is 0 Å². The molecule has 2 heterocycles. The van der Waals surface area contributed by atoms with Crippen LogP contribution in [-0.4, -0.2) is 14.8 Å². The molecular weight excluding hydrogens is 250 g/mol. The van der Waals surface area contributed by atoms with Crippen LogP contribution in [0.4, 0.5) is 0 Å². The van der Waals surface area contributed by atoms with Gasteiger partial charge in [0.25, 0.3) is 5.56 Å². The van der Waals surface area contributed by atoms with Gasteiger partial charge in [0, 0.05) is 24.0 Å². The lowest BCUT2D eigenvalue weighted by atomic mass is 10.2. The van der Waals surface area contributed by atoms with E-state index in [1.807, 2.05) is 42.5 Å². The summed E-state index contributed by atoms with van der Waals surface area (Å²) in [5.41, 5.74) is 2.58. The first-order chi connectivity index (χ1) is 9.83. The third-order valence-corrected chi connectivity index (χ3v) is 3.00.